The molecule has 21 heavy (non-hydrogen) atoms. The second-order valence-electron chi connectivity index (χ2n) is 8.51. The predicted molar refractivity (Wildman–Crippen MR) is 84.1 cm³/mol. The average Bonchev–Trinajstić information content (AvgIpc) is 2.75. The van der Waals surface area contributed by atoms with E-state index in [0.717, 1.165) is 12.3 Å². The Kier molecular flexibility index (Phi) is 4.75. The van der Waals surface area contributed by atoms with Crippen LogP contribution in [-0.4, -0.2) is 47.7 Å². The maximum absolute atomic E-state index is 10.1. The van der Waals surface area contributed by atoms with Crippen LogP contribution in [0.15, 0.2) is 0 Å². The van der Waals surface area contributed by atoms with Gasteiger partial charge < -0.3 is 20.3 Å². The molecule has 124 valence electrons. The van der Waals surface area contributed by atoms with Gasteiger partial charge in [-0.25, -0.2) is 0 Å². The van der Waals surface area contributed by atoms with Crippen LogP contribution in [0.4, 0.5) is 0 Å². The molecule has 2 rings (SSSR count). The third kappa shape index (κ3) is 3.14. The SMILES string of the molecule is CC(C)(CO)NC[C@@H](O)CO[C@@H]1C[C@H]2CC[C@]1(C)C2(C)C. The van der Waals surface area contributed by atoms with Gasteiger partial charge in [0.25, 0.3) is 0 Å². The molecule has 4 atom stereocenters. The number of hydrogen-bond acceptors (Lipinski definition) is 4. The van der Waals surface area contributed by atoms with Crippen LogP contribution in [0.5, 0.6) is 0 Å². The number of fused-ring (bicyclic) bond motifs is 2. The lowest BCUT2D eigenvalue weighted by molar-refractivity contribution is -0.0751. The number of aliphatic hydroxyl groups is 2. The van der Waals surface area contributed by atoms with Crippen LogP contribution in [-0.2, 0) is 4.74 Å². The first kappa shape index (κ1) is 17.2. The topological polar surface area (TPSA) is 61.7 Å². The van der Waals surface area contributed by atoms with E-state index in [-0.39, 0.29) is 23.7 Å². The Hall–Kier alpha value is -0.160. The Labute approximate surface area is 129 Å². The van der Waals surface area contributed by atoms with Gasteiger partial charge in [-0.2, -0.15) is 0 Å². The molecule has 0 aromatic heterocycles. The van der Waals surface area contributed by atoms with Crippen molar-refractivity contribution in [2.24, 2.45) is 16.7 Å². The van der Waals surface area contributed by atoms with Gasteiger partial charge in [0.1, 0.15) is 0 Å². The number of ether oxygens (including phenoxy) is 1. The third-order valence-electron chi connectivity index (χ3n) is 6.42. The molecular weight excluding hydrogens is 266 g/mol. The maximum atomic E-state index is 10.1. The fourth-order valence-corrected chi connectivity index (χ4v) is 4.12. The number of rotatable bonds is 7. The highest BCUT2D eigenvalue weighted by atomic mass is 16.5. The molecule has 0 aromatic rings. The van der Waals surface area contributed by atoms with E-state index in [9.17, 15) is 10.2 Å². The minimum absolute atomic E-state index is 0.0527. The Morgan fingerprint density at radius 3 is 2.48 bits per heavy atom. The minimum atomic E-state index is -0.526. The molecule has 0 heterocycles. The Morgan fingerprint density at radius 2 is 2.00 bits per heavy atom. The Balaban J connectivity index is 1.80. The highest BCUT2D eigenvalue weighted by molar-refractivity contribution is 5.11. The van der Waals surface area contributed by atoms with E-state index in [0.29, 0.717) is 18.6 Å². The molecule has 0 saturated heterocycles. The lowest BCUT2D eigenvalue weighted by atomic mass is 9.70. The van der Waals surface area contributed by atoms with Crippen molar-refractivity contribution in [1.82, 2.24) is 5.32 Å². The molecule has 0 aromatic carbocycles. The standard InChI is InChI=1S/C17H33NO3/c1-15(2,11-19)18-9-13(20)10-21-14-8-12-6-7-17(14,5)16(12,3)4/h12-14,18-20H,6-11H2,1-5H3/t12-,13-,14-,17+/m1/s1. The summed E-state index contributed by atoms with van der Waals surface area (Å²) in [5.74, 6) is 0.760. The first-order valence-electron chi connectivity index (χ1n) is 8.28. The summed E-state index contributed by atoms with van der Waals surface area (Å²) in [6, 6.07) is 0. The van der Waals surface area contributed by atoms with Crippen LogP contribution in [0, 0.1) is 16.7 Å². The van der Waals surface area contributed by atoms with Crippen molar-refractivity contribution < 1.29 is 14.9 Å². The average molecular weight is 299 g/mol. The van der Waals surface area contributed by atoms with E-state index in [2.05, 4.69) is 26.1 Å². The van der Waals surface area contributed by atoms with Crippen molar-refractivity contribution in [3.05, 3.63) is 0 Å². The van der Waals surface area contributed by atoms with Gasteiger partial charge in [0.2, 0.25) is 0 Å². The normalized spacial score (nSPS) is 36.1. The van der Waals surface area contributed by atoms with Crippen molar-refractivity contribution in [2.75, 3.05) is 19.8 Å². The van der Waals surface area contributed by atoms with Crippen LogP contribution < -0.4 is 5.32 Å². The van der Waals surface area contributed by atoms with Crippen molar-refractivity contribution in [2.45, 2.75) is 71.6 Å². The molecule has 0 spiro atoms. The van der Waals surface area contributed by atoms with Crippen molar-refractivity contribution in [3.63, 3.8) is 0 Å². The molecule has 2 bridgehead atoms. The second-order valence-corrected chi connectivity index (χ2v) is 8.51. The van der Waals surface area contributed by atoms with Crippen LogP contribution >= 0.6 is 0 Å². The molecule has 3 N–H and O–H groups in total. The van der Waals surface area contributed by atoms with Gasteiger partial charge in [-0.1, -0.05) is 20.8 Å². The van der Waals surface area contributed by atoms with Gasteiger partial charge in [0.05, 0.1) is 25.4 Å². The van der Waals surface area contributed by atoms with Gasteiger partial charge in [-0.3, -0.25) is 0 Å². The fraction of sp³-hybridized carbons (Fsp3) is 1.00. The minimum Gasteiger partial charge on any atom is -0.394 e. The number of hydrogen-bond donors (Lipinski definition) is 3. The Morgan fingerprint density at radius 1 is 1.33 bits per heavy atom. The van der Waals surface area contributed by atoms with Crippen LogP contribution in [0.25, 0.3) is 0 Å². The molecule has 2 fully saturated rings. The molecule has 0 aliphatic heterocycles. The molecule has 2 aliphatic carbocycles. The van der Waals surface area contributed by atoms with Crippen LogP contribution in [0.3, 0.4) is 0 Å². The molecule has 0 radical (unpaired) electrons. The number of β-amino-alcohol motifs (C(OH)–C–C–N with tert-alkyl or cyclic N) is 1. The van der Waals surface area contributed by atoms with E-state index in [1.54, 1.807) is 0 Å². The summed E-state index contributed by atoms with van der Waals surface area (Å²) in [4.78, 5) is 0. The summed E-state index contributed by atoms with van der Waals surface area (Å²) in [5, 5.41) is 22.4. The molecule has 4 heteroatoms. The van der Waals surface area contributed by atoms with Crippen molar-refractivity contribution >= 4 is 0 Å². The quantitative estimate of drug-likeness (QED) is 0.672. The van der Waals surface area contributed by atoms with Crippen LogP contribution in [0.1, 0.15) is 53.9 Å². The zero-order valence-electron chi connectivity index (χ0n) is 14.3. The first-order chi connectivity index (χ1) is 9.62. The maximum Gasteiger partial charge on any atom is 0.0898 e. The van der Waals surface area contributed by atoms with Crippen LogP contribution in [0.2, 0.25) is 0 Å². The monoisotopic (exact) mass is 299 g/mol. The fourth-order valence-electron chi connectivity index (χ4n) is 4.12. The van der Waals surface area contributed by atoms with Gasteiger partial charge in [-0.05, 0) is 49.9 Å². The largest absolute Gasteiger partial charge is 0.394 e. The first-order valence-corrected chi connectivity index (χ1v) is 8.28. The Bertz CT molecular complexity index is 369. The summed E-state index contributed by atoms with van der Waals surface area (Å²) in [6.07, 6.45) is 3.43. The highest BCUT2D eigenvalue weighted by Crippen LogP contribution is 2.66. The zero-order chi connectivity index (χ0) is 15.9. The summed E-state index contributed by atoms with van der Waals surface area (Å²) in [6.45, 7) is 11.8. The molecule has 0 amide bonds. The van der Waals surface area contributed by atoms with E-state index < -0.39 is 6.10 Å². The lowest BCUT2D eigenvalue weighted by Crippen LogP contribution is -2.47. The molecule has 4 nitrogen and oxygen atoms in total. The summed E-state index contributed by atoms with van der Waals surface area (Å²) in [7, 11) is 0. The van der Waals surface area contributed by atoms with Crippen molar-refractivity contribution in [1.29, 1.82) is 0 Å². The smallest absolute Gasteiger partial charge is 0.0898 e. The summed E-state index contributed by atoms with van der Waals surface area (Å²) >= 11 is 0. The van der Waals surface area contributed by atoms with E-state index in [1.807, 2.05) is 13.8 Å². The van der Waals surface area contributed by atoms with Gasteiger partial charge in [-0.15, -0.1) is 0 Å². The van der Waals surface area contributed by atoms with Gasteiger partial charge >= 0.3 is 0 Å². The molecule has 0 unspecified atom stereocenters. The third-order valence-corrected chi connectivity index (χ3v) is 6.42. The van der Waals surface area contributed by atoms with E-state index >= 15 is 0 Å². The van der Waals surface area contributed by atoms with E-state index in [4.69, 9.17) is 4.74 Å². The zero-order valence-corrected chi connectivity index (χ0v) is 14.3. The molecule has 2 saturated carbocycles. The predicted octanol–water partition coefficient (Wildman–Crippen LogP) is 1.94. The number of aliphatic hydroxyl groups excluding tert-OH is 2. The highest BCUT2D eigenvalue weighted by Gasteiger charge is 2.61. The van der Waals surface area contributed by atoms with Crippen molar-refractivity contribution in [3.8, 4) is 0 Å². The second kappa shape index (κ2) is 5.80. The molecule has 2 aliphatic rings. The molecular formula is C17H33NO3. The van der Waals surface area contributed by atoms with E-state index in [1.165, 1.54) is 12.8 Å². The number of nitrogens with one attached hydrogen (secondary N) is 1. The van der Waals surface area contributed by atoms with Gasteiger partial charge in [0.15, 0.2) is 0 Å². The summed E-state index contributed by atoms with van der Waals surface area (Å²) in [5.41, 5.74) is 0.232. The lowest BCUT2D eigenvalue weighted by Gasteiger charge is -2.39. The van der Waals surface area contributed by atoms with Gasteiger partial charge in [0, 0.05) is 12.1 Å². The summed E-state index contributed by atoms with van der Waals surface area (Å²) < 4.78 is 6.08.